The lowest BCUT2D eigenvalue weighted by molar-refractivity contribution is 0.266. The molecular formula is C18H31ClN2. The van der Waals surface area contributed by atoms with E-state index < -0.39 is 0 Å². The molecule has 0 saturated heterocycles. The highest BCUT2D eigenvalue weighted by Crippen LogP contribution is 2.20. The van der Waals surface area contributed by atoms with Crippen molar-refractivity contribution in [1.82, 2.24) is 10.2 Å². The van der Waals surface area contributed by atoms with Crippen LogP contribution in [0, 0.1) is 5.92 Å². The Balaban J connectivity index is 2.55. The highest BCUT2D eigenvalue weighted by atomic mass is 35.5. The molecule has 21 heavy (non-hydrogen) atoms. The minimum Gasteiger partial charge on any atom is -0.310 e. The van der Waals surface area contributed by atoms with Crippen LogP contribution in [0.4, 0.5) is 0 Å². The predicted octanol–water partition coefficient (Wildman–Crippen LogP) is 4.75. The number of rotatable bonds is 10. The van der Waals surface area contributed by atoms with Gasteiger partial charge in [-0.2, -0.15) is 0 Å². The van der Waals surface area contributed by atoms with Crippen molar-refractivity contribution in [1.29, 1.82) is 0 Å². The van der Waals surface area contributed by atoms with Gasteiger partial charge in [-0.3, -0.25) is 0 Å². The Kier molecular flexibility index (Phi) is 8.98. The summed E-state index contributed by atoms with van der Waals surface area (Å²) in [5, 5.41) is 4.47. The summed E-state index contributed by atoms with van der Waals surface area (Å²) in [7, 11) is 2.23. The Morgan fingerprint density at radius 1 is 1.19 bits per heavy atom. The van der Waals surface area contributed by atoms with Crippen molar-refractivity contribution in [2.45, 2.75) is 46.1 Å². The van der Waals surface area contributed by atoms with Crippen LogP contribution in [0.1, 0.15) is 51.6 Å². The van der Waals surface area contributed by atoms with E-state index in [0.717, 1.165) is 36.9 Å². The number of hydrogen-bond donors (Lipinski definition) is 1. The average molecular weight is 311 g/mol. The molecule has 1 aromatic carbocycles. The molecule has 0 spiro atoms. The zero-order valence-electron chi connectivity index (χ0n) is 14.0. The molecule has 0 aliphatic rings. The van der Waals surface area contributed by atoms with Crippen LogP contribution >= 0.6 is 11.6 Å². The molecule has 0 aliphatic heterocycles. The third kappa shape index (κ3) is 7.30. The van der Waals surface area contributed by atoms with E-state index in [1.807, 2.05) is 12.1 Å². The van der Waals surface area contributed by atoms with Crippen molar-refractivity contribution in [2.24, 2.45) is 5.92 Å². The summed E-state index contributed by atoms with van der Waals surface area (Å²) >= 11 is 5.99. The van der Waals surface area contributed by atoms with E-state index in [2.05, 4.69) is 50.2 Å². The molecule has 0 fully saturated rings. The van der Waals surface area contributed by atoms with E-state index in [1.54, 1.807) is 0 Å². The maximum Gasteiger partial charge on any atom is 0.0406 e. The van der Waals surface area contributed by atoms with Gasteiger partial charge in [0.2, 0.25) is 0 Å². The lowest BCUT2D eigenvalue weighted by atomic mass is 10.0. The number of nitrogens with one attached hydrogen (secondary N) is 1. The summed E-state index contributed by atoms with van der Waals surface area (Å²) in [4.78, 5) is 2.45. The van der Waals surface area contributed by atoms with Crippen LogP contribution in [0.5, 0.6) is 0 Å². The fraction of sp³-hybridized carbons (Fsp3) is 0.667. The van der Waals surface area contributed by atoms with Crippen LogP contribution < -0.4 is 5.32 Å². The van der Waals surface area contributed by atoms with Crippen molar-refractivity contribution in [3.05, 3.63) is 34.9 Å². The van der Waals surface area contributed by atoms with Crippen LogP contribution in [-0.4, -0.2) is 31.6 Å². The number of benzene rings is 1. The minimum atomic E-state index is 0.418. The van der Waals surface area contributed by atoms with E-state index in [4.69, 9.17) is 11.6 Å². The summed E-state index contributed by atoms with van der Waals surface area (Å²) < 4.78 is 0. The van der Waals surface area contributed by atoms with Crippen molar-refractivity contribution in [3.8, 4) is 0 Å². The number of hydrogen-bond acceptors (Lipinski definition) is 2. The molecule has 2 unspecified atom stereocenters. The summed E-state index contributed by atoms with van der Waals surface area (Å²) in [6.07, 6.45) is 3.54. The second-order valence-electron chi connectivity index (χ2n) is 6.12. The van der Waals surface area contributed by atoms with Gasteiger partial charge in [0.05, 0.1) is 0 Å². The predicted molar refractivity (Wildman–Crippen MR) is 94.1 cm³/mol. The molecule has 0 heterocycles. The minimum absolute atomic E-state index is 0.418. The van der Waals surface area contributed by atoms with Crippen molar-refractivity contribution in [2.75, 3.05) is 26.7 Å². The molecule has 120 valence electrons. The zero-order valence-corrected chi connectivity index (χ0v) is 14.8. The van der Waals surface area contributed by atoms with Crippen molar-refractivity contribution < 1.29 is 0 Å². The van der Waals surface area contributed by atoms with Crippen LogP contribution in [-0.2, 0) is 0 Å². The molecule has 0 aromatic heterocycles. The Bertz CT molecular complexity index is 377. The highest BCUT2D eigenvalue weighted by Gasteiger charge is 2.12. The Labute approximate surface area is 135 Å². The Morgan fingerprint density at radius 3 is 2.43 bits per heavy atom. The second kappa shape index (κ2) is 10.2. The largest absolute Gasteiger partial charge is 0.310 e. The molecule has 1 N–H and O–H groups in total. The maximum atomic E-state index is 5.99. The third-order valence-corrected chi connectivity index (χ3v) is 4.28. The number of nitrogens with zero attached hydrogens (tertiary/aromatic N) is 1. The quantitative estimate of drug-likeness (QED) is 0.671. The zero-order chi connectivity index (χ0) is 15.7. The van der Waals surface area contributed by atoms with E-state index in [1.165, 1.54) is 18.5 Å². The van der Waals surface area contributed by atoms with Gasteiger partial charge in [-0.1, -0.05) is 50.9 Å². The van der Waals surface area contributed by atoms with Crippen LogP contribution in [0.2, 0.25) is 5.02 Å². The number of halogens is 1. The van der Waals surface area contributed by atoms with Crippen molar-refractivity contribution >= 4 is 11.6 Å². The molecule has 0 saturated carbocycles. The maximum absolute atomic E-state index is 5.99. The summed E-state index contributed by atoms with van der Waals surface area (Å²) in [5.74, 6) is 0.771. The topological polar surface area (TPSA) is 15.3 Å². The molecule has 2 nitrogen and oxygen atoms in total. The first-order valence-corrected chi connectivity index (χ1v) is 8.62. The van der Waals surface area contributed by atoms with Gasteiger partial charge in [-0.25, -0.2) is 0 Å². The van der Waals surface area contributed by atoms with Crippen molar-refractivity contribution in [3.63, 3.8) is 0 Å². The molecule has 0 radical (unpaired) electrons. The van der Waals surface area contributed by atoms with Gasteiger partial charge in [0.25, 0.3) is 0 Å². The van der Waals surface area contributed by atoms with Gasteiger partial charge in [-0.15, -0.1) is 0 Å². The highest BCUT2D eigenvalue weighted by molar-refractivity contribution is 6.30. The fourth-order valence-electron chi connectivity index (χ4n) is 2.50. The smallest absolute Gasteiger partial charge is 0.0406 e. The van der Waals surface area contributed by atoms with E-state index in [0.29, 0.717) is 6.04 Å². The monoisotopic (exact) mass is 310 g/mol. The normalized spacial score (nSPS) is 14.4. The molecule has 0 aliphatic carbocycles. The summed E-state index contributed by atoms with van der Waals surface area (Å²) in [5.41, 5.74) is 1.34. The first kappa shape index (κ1) is 18.5. The van der Waals surface area contributed by atoms with Gasteiger partial charge in [0.1, 0.15) is 0 Å². The van der Waals surface area contributed by atoms with Gasteiger partial charge in [0, 0.05) is 17.6 Å². The lowest BCUT2D eigenvalue weighted by Crippen LogP contribution is -2.30. The standard InChI is InChI=1S/C18H31ClN2/c1-5-12-20-18(16-7-9-17(19)10-8-16)11-13-21(4)14-15(3)6-2/h7-10,15,18,20H,5-6,11-14H2,1-4H3. The molecule has 3 heteroatoms. The summed E-state index contributed by atoms with van der Waals surface area (Å²) in [6.45, 7) is 10.1. The second-order valence-corrected chi connectivity index (χ2v) is 6.56. The van der Waals surface area contributed by atoms with E-state index in [-0.39, 0.29) is 0 Å². The molecular weight excluding hydrogens is 280 g/mol. The van der Waals surface area contributed by atoms with Gasteiger partial charge < -0.3 is 10.2 Å². The van der Waals surface area contributed by atoms with Crippen LogP contribution in [0.3, 0.4) is 0 Å². The van der Waals surface area contributed by atoms with Crippen LogP contribution in [0.15, 0.2) is 24.3 Å². The van der Waals surface area contributed by atoms with Gasteiger partial charge in [0.15, 0.2) is 0 Å². The average Bonchev–Trinajstić information content (AvgIpc) is 2.48. The van der Waals surface area contributed by atoms with Gasteiger partial charge in [-0.05, 0) is 56.6 Å². The van der Waals surface area contributed by atoms with Crippen LogP contribution in [0.25, 0.3) is 0 Å². The first-order valence-electron chi connectivity index (χ1n) is 8.24. The first-order chi connectivity index (χ1) is 10.1. The molecule has 2 atom stereocenters. The van der Waals surface area contributed by atoms with Gasteiger partial charge >= 0.3 is 0 Å². The SMILES string of the molecule is CCCNC(CCN(C)CC(C)CC)c1ccc(Cl)cc1. The molecule has 1 rings (SSSR count). The fourth-order valence-corrected chi connectivity index (χ4v) is 2.63. The lowest BCUT2D eigenvalue weighted by Gasteiger charge is -2.25. The molecule has 0 amide bonds. The molecule has 0 bridgehead atoms. The van der Waals surface area contributed by atoms with E-state index in [9.17, 15) is 0 Å². The summed E-state index contributed by atoms with van der Waals surface area (Å²) in [6, 6.07) is 8.68. The molecule has 1 aromatic rings. The Morgan fingerprint density at radius 2 is 1.86 bits per heavy atom. The Hall–Kier alpha value is -0.570. The third-order valence-electron chi connectivity index (χ3n) is 4.03. The van der Waals surface area contributed by atoms with E-state index >= 15 is 0 Å².